The Kier molecular flexibility index (Phi) is 3.57. The average molecular weight is 360 g/mol. The SMILES string of the molecule is Cc1cnc(-c2nccn2-c2c(C)nn(C3CCS(=O)(=O)C3)c2C)[nH]1. The van der Waals surface area contributed by atoms with E-state index in [4.69, 9.17) is 0 Å². The van der Waals surface area contributed by atoms with E-state index in [0.29, 0.717) is 18.1 Å². The number of aromatic nitrogens is 6. The van der Waals surface area contributed by atoms with Gasteiger partial charge in [0.1, 0.15) is 0 Å². The van der Waals surface area contributed by atoms with Crippen molar-refractivity contribution in [2.75, 3.05) is 11.5 Å². The fourth-order valence-corrected chi connectivity index (χ4v) is 5.20. The fraction of sp³-hybridized carbons (Fsp3) is 0.438. The minimum atomic E-state index is -2.96. The van der Waals surface area contributed by atoms with E-state index < -0.39 is 9.84 Å². The third kappa shape index (κ3) is 2.68. The lowest BCUT2D eigenvalue weighted by Gasteiger charge is -2.12. The first kappa shape index (κ1) is 16.1. The smallest absolute Gasteiger partial charge is 0.180 e. The molecule has 0 aromatic carbocycles. The molecule has 0 radical (unpaired) electrons. The zero-order valence-electron chi connectivity index (χ0n) is 14.4. The molecule has 25 heavy (non-hydrogen) atoms. The van der Waals surface area contributed by atoms with Crippen molar-refractivity contribution in [3.8, 4) is 17.3 Å². The van der Waals surface area contributed by atoms with Crippen LogP contribution in [0, 0.1) is 20.8 Å². The summed E-state index contributed by atoms with van der Waals surface area (Å²) in [7, 11) is -2.96. The Labute approximate surface area is 145 Å². The second-order valence-corrected chi connectivity index (χ2v) is 8.79. The molecule has 132 valence electrons. The number of nitrogens with one attached hydrogen (secondary N) is 1. The van der Waals surface area contributed by atoms with Crippen LogP contribution >= 0.6 is 0 Å². The molecule has 3 aromatic rings. The molecule has 1 atom stereocenters. The summed E-state index contributed by atoms with van der Waals surface area (Å²) in [6.45, 7) is 5.84. The van der Waals surface area contributed by atoms with Crippen LogP contribution in [0.4, 0.5) is 0 Å². The molecule has 0 saturated carbocycles. The van der Waals surface area contributed by atoms with Gasteiger partial charge in [-0.05, 0) is 27.2 Å². The van der Waals surface area contributed by atoms with Crippen LogP contribution in [0.15, 0.2) is 18.6 Å². The quantitative estimate of drug-likeness (QED) is 0.767. The Hall–Kier alpha value is -2.42. The predicted molar refractivity (Wildman–Crippen MR) is 93.4 cm³/mol. The van der Waals surface area contributed by atoms with Gasteiger partial charge in [-0.15, -0.1) is 0 Å². The Morgan fingerprint density at radius 1 is 1.24 bits per heavy atom. The summed E-state index contributed by atoms with van der Waals surface area (Å²) in [5.41, 5.74) is 3.65. The van der Waals surface area contributed by atoms with Gasteiger partial charge in [0.15, 0.2) is 21.5 Å². The van der Waals surface area contributed by atoms with Crippen LogP contribution in [-0.4, -0.2) is 49.2 Å². The largest absolute Gasteiger partial charge is 0.340 e. The molecule has 0 spiro atoms. The van der Waals surface area contributed by atoms with E-state index in [9.17, 15) is 8.42 Å². The third-order valence-corrected chi connectivity index (χ3v) is 6.39. The highest BCUT2D eigenvalue weighted by Crippen LogP contribution is 2.30. The fourth-order valence-electron chi connectivity index (χ4n) is 3.51. The van der Waals surface area contributed by atoms with E-state index in [1.807, 2.05) is 36.2 Å². The Morgan fingerprint density at radius 3 is 2.68 bits per heavy atom. The van der Waals surface area contributed by atoms with E-state index in [-0.39, 0.29) is 17.5 Å². The molecule has 1 fully saturated rings. The maximum Gasteiger partial charge on any atom is 0.180 e. The van der Waals surface area contributed by atoms with Gasteiger partial charge >= 0.3 is 0 Å². The molecule has 1 aliphatic rings. The molecule has 1 aliphatic heterocycles. The van der Waals surface area contributed by atoms with Gasteiger partial charge < -0.3 is 4.98 Å². The van der Waals surface area contributed by atoms with E-state index in [0.717, 1.165) is 22.8 Å². The summed E-state index contributed by atoms with van der Waals surface area (Å²) >= 11 is 0. The van der Waals surface area contributed by atoms with Gasteiger partial charge in [0.2, 0.25) is 0 Å². The first-order valence-corrected chi connectivity index (χ1v) is 9.99. The van der Waals surface area contributed by atoms with E-state index in [1.54, 1.807) is 12.4 Å². The third-order valence-electron chi connectivity index (χ3n) is 4.64. The minimum absolute atomic E-state index is 0.102. The molecule has 0 amide bonds. The Bertz CT molecular complexity index is 1040. The first-order valence-electron chi connectivity index (χ1n) is 8.17. The van der Waals surface area contributed by atoms with Gasteiger partial charge in [0, 0.05) is 24.3 Å². The number of aromatic amines is 1. The van der Waals surface area contributed by atoms with Crippen LogP contribution < -0.4 is 0 Å². The second-order valence-electron chi connectivity index (χ2n) is 6.56. The second kappa shape index (κ2) is 5.55. The lowest BCUT2D eigenvalue weighted by molar-refractivity contribution is 0.485. The summed E-state index contributed by atoms with van der Waals surface area (Å²) in [6.07, 6.45) is 5.97. The van der Waals surface area contributed by atoms with E-state index in [1.165, 1.54) is 0 Å². The molecule has 8 nitrogen and oxygen atoms in total. The van der Waals surface area contributed by atoms with E-state index >= 15 is 0 Å². The minimum Gasteiger partial charge on any atom is -0.340 e. The number of nitrogens with zero attached hydrogens (tertiary/aromatic N) is 5. The van der Waals surface area contributed by atoms with Crippen molar-refractivity contribution in [1.29, 1.82) is 0 Å². The number of hydrogen-bond donors (Lipinski definition) is 1. The number of imidazole rings is 2. The van der Waals surface area contributed by atoms with Crippen LogP contribution in [0.2, 0.25) is 0 Å². The van der Waals surface area contributed by atoms with Gasteiger partial charge in [0.25, 0.3) is 0 Å². The zero-order valence-corrected chi connectivity index (χ0v) is 15.2. The summed E-state index contributed by atoms with van der Waals surface area (Å²) < 4.78 is 27.4. The van der Waals surface area contributed by atoms with Crippen LogP contribution in [0.1, 0.15) is 29.5 Å². The summed E-state index contributed by atoms with van der Waals surface area (Å²) in [5.74, 6) is 1.78. The van der Waals surface area contributed by atoms with Crippen molar-refractivity contribution in [3.05, 3.63) is 35.7 Å². The number of hydrogen-bond acceptors (Lipinski definition) is 5. The highest BCUT2D eigenvalue weighted by Gasteiger charge is 2.32. The summed E-state index contributed by atoms with van der Waals surface area (Å²) in [4.78, 5) is 12.0. The monoisotopic (exact) mass is 360 g/mol. The van der Waals surface area contributed by atoms with Crippen LogP contribution in [0.5, 0.6) is 0 Å². The van der Waals surface area contributed by atoms with Crippen LogP contribution in [0.3, 0.4) is 0 Å². The highest BCUT2D eigenvalue weighted by molar-refractivity contribution is 7.91. The van der Waals surface area contributed by atoms with Gasteiger partial charge in [-0.25, -0.2) is 18.4 Å². The molecule has 1 unspecified atom stereocenters. The maximum atomic E-state index is 11.8. The number of aryl methyl sites for hydroxylation is 2. The number of sulfone groups is 1. The molecule has 1 saturated heterocycles. The molecule has 0 aliphatic carbocycles. The average Bonchev–Trinajstić information content (AvgIpc) is 3.28. The highest BCUT2D eigenvalue weighted by atomic mass is 32.2. The molecule has 4 rings (SSSR count). The molecule has 3 aromatic heterocycles. The van der Waals surface area contributed by atoms with Crippen molar-refractivity contribution < 1.29 is 8.42 Å². The normalized spacial score (nSPS) is 19.6. The van der Waals surface area contributed by atoms with Crippen molar-refractivity contribution >= 4 is 9.84 Å². The molecular formula is C16H20N6O2S. The van der Waals surface area contributed by atoms with Gasteiger partial charge in [-0.3, -0.25) is 9.25 Å². The lowest BCUT2D eigenvalue weighted by Crippen LogP contribution is -2.14. The number of rotatable bonds is 3. The Balaban J connectivity index is 1.79. The predicted octanol–water partition coefficient (Wildman–Crippen LogP) is 1.74. The lowest BCUT2D eigenvalue weighted by atomic mass is 10.2. The number of H-pyrrole nitrogens is 1. The molecule has 0 bridgehead atoms. The first-order chi connectivity index (χ1) is 11.9. The van der Waals surface area contributed by atoms with Gasteiger partial charge in [-0.1, -0.05) is 0 Å². The van der Waals surface area contributed by atoms with Gasteiger partial charge in [0.05, 0.1) is 34.6 Å². The molecule has 1 N–H and O–H groups in total. The molecular weight excluding hydrogens is 340 g/mol. The summed E-state index contributed by atoms with van der Waals surface area (Å²) in [5, 5.41) is 4.63. The maximum absolute atomic E-state index is 11.8. The topological polar surface area (TPSA) is 98.5 Å². The van der Waals surface area contributed by atoms with Gasteiger partial charge in [-0.2, -0.15) is 5.10 Å². The van der Waals surface area contributed by atoms with Crippen molar-refractivity contribution in [3.63, 3.8) is 0 Å². The Morgan fingerprint density at radius 2 is 2.04 bits per heavy atom. The van der Waals surface area contributed by atoms with Crippen LogP contribution in [-0.2, 0) is 9.84 Å². The van der Waals surface area contributed by atoms with Crippen molar-refractivity contribution in [2.45, 2.75) is 33.2 Å². The van der Waals surface area contributed by atoms with Crippen molar-refractivity contribution in [2.24, 2.45) is 0 Å². The standard InChI is InChI=1S/C16H20N6O2S/c1-10-8-18-15(19-10)16-17-5-6-21(16)14-11(2)20-22(12(14)3)13-4-7-25(23,24)9-13/h5-6,8,13H,4,7,9H2,1-3H3,(H,18,19). The zero-order chi connectivity index (χ0) is 17.8. The summed E-state index contributed by atoms with van der Waals surface area (Å²) in [6, 6.07) is -0.102. The molecule has 9 heteroatoms. The van der Waals surface area contributed by atoms with Crippen LogP contribution in [0.25, 0.3) is 17.3 Å². The molecule has 4 heterocycles. The van der Waals surface area contributed by atoms with Crippen molar-refractivity contribution in [1.82, 2.24) is 29.3 Å². The van der Waals surface area contributed by atoms with E-state index in [2.05, 4.69) is 20.1 Å².